The first kappa shape index (κ1) is 14.2. The van der Waals surface area contributed by atoms with Crippen LogP contribution in [-0.2, 0) is 0 Å². The number of unbranched alkanes of at least 4 members (excludes halogenated alkanes) is 3. The van der Waals surface area contributed by atoms with Crippen LogP contribution in [0.25, 0.3) is 0 Å². The van der Waals surface area contributed by atoms with Crippen LogP contribution in [0, 0.1) is 0 Å². The molecule has 0 heterocycles. The zero-order chi connectivity index (χ0) is 10.8. The zero-order valence-corrected chi connectivity index (χ0v) is 11.8. The molecule has 0 bridgehead atoms. The van der Waals surface area contributed by atoms with E-state index >= 15 is 0 Å². The van der Waals surface area contributed by atoms with Crippen molar-refractivity contribution < 1.29 is 0 Å². The third-order valence-corrected chi connectivity index (χ3v) is 5.48. The molecular weight excluding hydrogens is 186 g/mol. The number of nitrogens with one attached hydrogen (secondary N) is 1. The molecule has 0 amide bonds. The van der Waals surface area contributed by atoms with Gasteiger partial charge >= 0.3 is 0 Å². The summed E-state index contributed by atoms with van der Waals surface area (Å²) in [5, 5.41) is 3.51. The molecule has 0 aromatic heterocycles. The third-order valence-electron chi connectivity index (χ3n) is 3.03. The third kappa shape index (κ3) is 7.57. The topological polar surface area (TPSA) is 12.0 Å². The highest BCUT2D eigenvalue weighted by atomic mass is 28.3. The summed E-state index contributed by atoms with van der Waals surface area (Å²) in [5.41, 5.74) is 1.02. The molecule has 0 aromatic rings. The molecule has 0 saturated carbocycles. The molecule has 0 aliphatic heterocycles. The molecule has 1 unspecified atom stereocenters. The van der Waals surface area contributed by atoms with Crippen molar-refractivity contribution in [2.45, 2.75) is 64.6 Å². The fourth-order valence-electron chi connectivity index (χ4n) is 1.83. The van der Waals surface area contributed by atoms with E-state index in [4.69, 9.17) is 0 Å². The van der Waals surface area contributed by atoms with Crippen molar-refractivity contribution in [3.05, 3.63) is 0 Å². The second kappa shape index (κ2) is 9.72. The molecule has 0 rings (SSSR count). The van der Waals surface area contributed by atoms with Crippen molar-refractivity contribution in [3.63, 3.8) is 0 Å². The van der Waals surface area contributed by atoms with Gasteiger partial charge in [0, 0.05) is 8.80 Å². The van der Waals surface area contributed by atoms with Crippen LogP contribution < -0.4 is 5.32 Å². The first-order valence-corrected chi connectivity index (χ1v) is 9.40. The Morgan fingerprint density at radius 3 is 2.29 bits per heavy atom. The minimum Gasteiger partial charge on any atom is -0.317 e. The SMILES string of the molecule is CCCCCCC(CNCC)[SiH](C)C. The molecule has 0 saturated heterocycles. The average molecular weight is 215 g/mol. The van der Waals surface area contributed by atoms with E-state index < -0.39 is 8.80 Å². The minimum absolute atomic E-state index is 0.431. The van der Waals surface area contributed by atoms with E-state index in [1.54, 1.807) is 0 Å². The molecule has 1 nitrogen and oxygen atoms in total. The zero-order valence-electron chi connectivity index (χ0n) is 10.6. The molecule has 1 atom stereocenters. The lowest BCUT2D eigenvalue weighted by molar-refractivity contribution is 0.573. The molecule has 0 aromatic carbocycles. The van der Waals surface area contributed by atoms with Gasteiger partial charge in [0.1, 0.15) is 0 Å². The monoisotopic (exact) mass is 215 g/mol. The Kier molecular flexibility index (Phi) is 9.84. The fourth-order valence-corrected chi connectivity index (χ4v) is 3.37. The van der Waals surface area contributed by atoms with E-state index in [-0.39, 0.29) is 0 Å². The highest BCUT2D eigenvalue weighted by Gasteiger charge is 2.12. The van der Waals surface area contributed by atoms with Crippen molar-refractivity contribution in [2.24, 2.45) is 0 Å². The summed E-state index contributed by atoms with van der Waals surface area (Å²) in [4.78, 5) is 0. The van der Waals surface area contributed by atoms with Gasteiger partial charge in [-0.2, -0.15) is 0 Å². The summed E-state index contributed by atoms with van der Waals surface area (Å²) in [6.07, 6.45) is 7.15. The highest BCUT2D eigenvalue weighted by molar-refractivity contribution is 6.57. The van der Waals surface area contributed by atoms with Crippen molar-refractivity contribution >= 4 is 8.80 Å². The van der Waals surface area contributed by atoms with Crippen LogP contribution in [0.3, 0.4) is 0 Å². The van der Waals surface area contributed by atoms with Gasteiger partial charge in [-0.1, -0.05) is 59.0 Å². The average Bonchev–Trinajstić information content (AvgIpc) is 2.16. The molecule has 0 aliphatic rings. The Bertz CT molecular complexity index is 115. The van der Waals surface area contributed by atoms with Crippen LogP contribution in [0.1, 0.15) is 46.0 Å². The molecule has 0 radical (unpaired) electrons. The molecule has 86 valence electrons. The lowest BCUT2D eigenvalue weighted by Gasteiger charge is -2.20. The fraction of sp³-hybridized carbons (Fsp3) is 1.00. The summed E-state index contributed by atoms with van der Waals surface area (Å²) in [6.45, 7) is 11.9. The van der Waals surface area contributed by atoms with E-state index in [1.807, 2.05) is 0 Å². The first-order chi connectivity index (χ1) is 6.72. The van der Waals surface area contributed by atoms with Gasteiger partial charge in [0.15, 0.2) is 0 Å². The van der Waals surface area contributed by atoms with Crippen LogP contribution in [-0.4, -0.2) is 21.9 Å². The van der Waals surface area contributed by atoms with E-state index in [1.165, 1.54) is 38.6 Å². The molecule has 0 spiro atoms. The molecular formula is C12H29NSi. The second-order valence-corrected chi connectivity index (χ2v) is 8.09. The second-order valence-electron chi connectivity index (χ2n) is 4.66. The van der Waals surface area contributed by atoms with Gasteiger partial charge in [-0.3, -0.25) is 0 Å². The largest absolute Gasteiger partial charge is 0.317 e. The molecule has 2 heteroatoms. The van der Waals surface area contributed by atoms with Gasteiger partial charge in [-0.05, 0) is 18.6 Å². The lowest BCUT2D eigenvalue weighted by atomic mass is 10.1. The molecule has 0 fully saturated rings. The van der Waals surface area contributed by atoms with E-state index in [0.717, 1.165) is 12.1 Å². The van der Waals surface area contributed by atoms with Crippen LogP contribution in [0.15, 0.2) is 0 Å². The summed E-state index contributed by atoms with van der Waals surface area (Å²) < 4.78 is 0. The predicted octanol–water partition coefficient (Wildman–Crippen LogP) is 3.42. The normalized spacial score (nSPS) is 13.5. The number of hydrogen-bond donors (Lipinski definition) is 1. The van der Waals surface area contributed by atoms with Gasteiger partial charge in [-0.25, -0.2) is 0 Å². The highest BCUT2D eigenvalue weighted by Crippen LogP contribution is 2.18. The summed E-state index contributed by atoms with van der Waals surface area (Å²) in [6, 6.07) is 0. The summed E-state index contributed by atoms with van der Waals surface area (Å²) in [7, 11) is -0.431. The summed E-state index contributed by atoms with van der Waals surface area (Å²) in [5.74, 6) is 0. The van der Waals surface area contributed by atoms with E-state index in [0.29, 0.717) is 0 Å². The van der Waals surface area contributed by atoms with Crippen LogP contribution in [0.5, 0.6) is 0 Å². The van der Waals surface area contributed by atoms with E-state index in [2.05, 4.69) is 32.3 Å². The maximum absolute atomic E-state index is 3.51. The van der Waals surface area contributed by atoms with Crippen LogP contribution in [0.2, 0.25) is 18.6 Å². The predicted molar refractivity (Wildman–Crippen MR) is 69.9 cm³/mol. The Labute approximate surface area is 92.3 Å². The molecule has 0 aliphatic carbocycles. The van der Waals surface area contributed by atoms with Gasteiger partial charge in [0.2, 0.25) is 0 Å². The Hall–Kier alpha value is 0.177. The van der Waals surface area contributed by atoms with Gasteiger partial charge in [0.05, 0.1) is 0 Å². The molecule has 1 N–H and O–H groups in total. The standard InChI is InChI=1S/C12H29NSi/c1-5-7-8-9-10-12(14(3)4)11-13-6-2/h12-14H,5-11H2,1-4H3. The number of rotatable bonds is 9. The van der Waals surface area contributed by atoms with Crippen molar-refractivity contribution in [2.75, 3.05) is 13.1 Å². The molecule has 14 heavy (non-hydrogen) atoms. The lowest BCUT2D eigenvalue weighted by Crippen LogP contribution is -2.26. The minimum atomic E-state index is -0.431. The maximum Gasteiger partial charge on any atom is 0.0352 e. The Morgan fingerprint density at radius 2 is 1.79 bits per heavy atom. The quantitative estimate of drug-likeness (QED) is 0.459. The first-order valence-electron chi connectivity index (χ1n) is 6.43. The van der Waals surface area contributed by atoms with Crippen LogP contribution in [0.4, 0.5) is 0 Å². The number of hydrogen-bond acceptors (Lipinski definition) is 1. The van der Waals surface area contributed by atoms with Gasteiger partial charge in [-0.15, -0.1) is 0 Å². The summed E-state index contributed by atoms with van der Waals surface area (Å²) >= 11 is 0. The van der Waals surface area contributed by atoms with E-state index in [9.17, 15) is 0 Å². The maximum atomic E-state index is 3.51. The smallest absolute Gasteiger partial charge is 0.0352 e. The van der Waals surface area contributed by atoms with Gasteiger partial charge in [0.25, 0.3) is 0 Å². The van der Waals surface area contributed by atoms with Crippen molar-refractivity contribution in [1.82, 2.24) is 5.32 Å². The van der Waals surface area contributed by atoms with Crippen molar-refractivity contribution in [1.29, 1.82) is 0 Å². The Balaban J connectivity index is 3.52. The van der Waals surface area contributed by atoms with Crippen molar-refractivity contribution in [3.8, 4) is 0 Å². The van der Waals surface area contributed by atoms with Gasteiger partial charge < -0.3 is 5.32 Å². The van der Waals surface area contributed by atoms with Crippen LogP contribution >= 0.6 is 0 Å². The Morgan fingerprint density at radius 1 is 1.07 bits per heavy atom.